The lowest BCUT2D eigenvalue weighted by atomic mass is 9.71. The molecule has 1 aromatic carbocycles. The second kappa shape index (κ2) is 7.83. The average Bonchev–Trinajstić information content (AvgIpc) is 3.36. The van der Waals surface area contributed by atoms with Crippen molar-refractivity contribution in [2.75, 3.05) is 18.5 Å². The van der Waals surface area contributed by atoms with E-state index in [1.165, 1.54) is 4.90 Å². The standard InChI is InChI=1S/C21H25ClN2O6/c1-3-29-20(28)15-14-8-9-21(30-14)16(15)19(27)24(11(2)10-25)17(21)18(26)23-13-7-5-4-6-12(13)22/h4-7,11,14-17,25H,3,8-10H2,1-2H3,(H,23,26)/t11-,14-,15+,16+,17?,21?/m1/s1. The third-order valence-corrected chi connectivity index (χ3v) is 6.75. The summed E-state index contributed by atoms with van der Waals surface area (Å²) in [5, 5.41) is 12.9. The molecule has 6 atom stereocenters. The Morgan fingerprint density at radius 3 is 2.83 bits per heavy atom. The highest BCUT2D eigenvalue weighted by Gasteiger charge is 2.75. The van der Waals surface area contributed by atoms with Gasteiger partial charge in [-0.05, 0) is 38.8 Å². The van der Waals surface area contributed by atoms with Crippen LogP contribution in [0.4, 0.5) is 5.69 Å². The molecule has 4 rings (SSSR count). The van der Waals surface area contributed by atoms with Crippen molar-refractivity contribution in [2.24, 2.45) is 11.8 Å². The van der Waals surface area contributed by atoms with Crippen LogP contribution < -0.4 is 5.32 Å². The van der Waals surface area contributed by atoms with E-state index in [-0.39, 0.29) is 19.1 Å². The van der Waals surface area contributed by atoms with Crippen molar-refractivity contribution in [3.63, 3.8) is 0 Å². The van der Waals surface area contributed by atoms with Gasteiger partial charge < -0.3 is 24.8 Å². The predicted octanol–water partition coefficient (Wildman–Crippen LogP) is 1.60. The monoisotopic (exact) mass is 436 g/mol. The summed E-state index contributed by atoms with van der Waals surface area (Å²) in [7, 11) is 0. The van der Waals surface area contributed by atoms with Gasteiger partial charge in [-0.3, -0.25) is 14.4 Å². The van der Waals surface area contributed by atoms with Crippen LogP contribution in [0.2, 0.25) is 5.02 Å². The number of carbonyl (C=O) groups excluding carboxylic acids is 3. The van der Waals surface area contributed by atoms with Gasteiger partial charge >= 0.3 is 5.97 Å². The number of ether oxygens (including phenoxy) is 2. The lowest BCUT2D eigenvalue weighted by Gasteiger charge is -2.35. The maximum Gasteiger partial charge on any atom is 0.312 e. The molecule has 0 aliphatic carbocycles. The summed E-state index contributed by atoms with van der Waals surface area (Å²) in [6.07, 6.45) is 0.573. The molecular weight excluding hydrogens is 412 g/mol. The third-order valence-electron chi connectivity index (χ3n) is 6.42. The van der Waals surface area contributed by atoms with Gasteiger partial charge in [0.25, 0.3) is 0 Å². The Hall–Kier alpha value is -2.16. The fourth-order valence-electron chi connectivity index (χ4n) is 5.22. The van der Waals surface area contributed by atoms with Gasteiger partial charge in [0.15, 0.2) is 0 Å². The molecule has 162 valence electrons. The minimum absolute atomic E-state index is 0.198. The molecule has 1 aromatic rings. The molecule has 0 saturated carbocycles. The largest absolute Gasteiger partial charge is 0.466 e. The number of fused-ring (bicyclic) bond motifs is 1. The SMILES string of the molecule is CCOC(=O)[C@@H]1[C@H]2C(=O)N([C@H](C)CO)C(C(=O)Nc3ccccc3Cl)C23CC[C@H]1O3. The van der Waals surface area contributed by atoms with Crippen molar-refractivity contribution < 1.29 is 29.0 Å². The molecule has 0 radical (unpaired) electrons. The van der Waals surface area contributed by atoms with Crippen LogP contribution in [0.25, 0.3) is 0 Å². The highest BCUT2D eigenvalue weighted by molar-refractivity contribution is 6.33. The lowest BCUT2D eigenvalue weighted by Crippen LogP contribution is -2.55. The van der Waals surface area contributed by atoms with E-state index < -0.39 is 47.5 Å². The maximum atomic E-state index is 13.4. The van der Waals surface area contributed by atoms with Crippen LogP contribution >= 0.6 is 11.6 Å². The van der Waals surface area contributed by atoms with E-state index in [2.05, 4.69) is 5.32 Å². The van der Waals surface area contributed by atoms with Crippen molar-refractivity contribution in [2.45, 2.75) is 50.5 Å². The second-order valence-electron chi connectivity index (χ2n) is 8.05. The quantitative estimate of drug-likeness (QED) is 0.656. The highest BCUT2D eigenvalue weighted by atomic mass is 35.5. The molecule has 3 fully saturated rings. The number of aliphatic hydroxyl groups excluding tert-OH is 1. The molecule has 2 amide bonds. The van der Waals surface area contributed by atoms with E-state index in [4.69, 9.17) is 21.1 Å². The Bertz CT molecular complexity index is 879. The molecule has 9 heteroatoms. The van der Waals surface area contributed by atoms with Crippen molar-refractivity contribution in [1.29, 1.82) is 0 Å². The molecule has 8 nitrogen and oxygen atoms in total. The van der Waals surface area contributed by atoms with E-state index in [9.17, 15) is 19.5 Å². The fraction of sp³-hybridized carbons (Fsp3) is 0.571. The number of benzene rings is 1. The third kappa shape index (κ3) is 3.01. The van der Waals surface area contributed by atoms with Crippen LogP contribution in [-0.4, -0.2) is 64.8 Å². The smallest absolute Gasteiger partial charge is 0.312 e. The van der Waals surface area contributed by atoms with Crippen LogP contribution in [0.3, 0.4) is 0 Å². The maximum absolute atomic E-state index is 13.4. The topological polar surface area (TPSA) is 105 Å². The summed E-state index contributed by atoms with van der Waals surface area (Å²) in [6.45, 7) is 3.25. The first kappa shape index (κ1) is 21.1. The van der Waals surface area contributed by atoms with Gasteiger partial charge in [-0.1, -0.05) is 23.7 Å². The summed E-state index contributed by atoms with van der Waals surface area (Å²) in [4.78, 5) is 40.9. The van der Waals surface area contributed by atoms with E-state index in [0.717, 1.165) is 0 Å². The Balaban J connectivity index is 1.73. The first-order valence-corrected chi connectivity index (χ1v) is 10.6. The van der Waals surface area contributed by atoms with E-state index in [1.807, 2.05) is 0 Å². The molecule has 2 N–H and O–H groups in total. The van der Waals surface area contributed by atoms with Crippen molar-refractivity contribution >= 4 is 35.1 Å². The summed E-state index contributed by atoms with van der Waals surface area (Å²) in [5.74, 6) is -2.87. The second-order valence-corrected chi connectivity index (χ2v) is 8.46. The van der Waals surface area contributed by atoms with Crippen LogP contribution in [0.1, 0.15) is 26.7 Å². The van der Waals surface area contributed by atoms with Gasteiger partial charge in [0, 0.05) is 0 Å². The number of rotatable bonds is 6. The van der Waals surface area contributed by atoms with Gasteiger partial charge in [0.1, 0.15) is 11.6 Å². The fourth-order valence-corrected chi connectivity index (χ4v) is 5.41. The number of hydrogen-bond acceptors (Lipinski definition) is 6. The van der Waals surface area contributed by atoms with Crippen molar-refractivity contribution in [3.8, 4) is 0 Å². The zero-order valence-corrected chi connectivity index (χ0v) is 17.6. The average molecular weight is 437 g/mol. The van der Waals surface area contributed by atoms with Gasteiger partial charge in [-0.15, -0.1) is 0 Å². The minimum Gasteiger partial charge on any atom is -0.466 e. The van der Waals surface area contributed by atoms with Crippen LogP contribution in [0.5, 0.6) is 0 Å². The predicted molar refractivity (Wildman–Crippen MR) is 108 cm³/mol. The number of hydrogen-bond donors (Lipinski definition) is 2. The molecule has 2 bridgehead atoms. The van der Waals surface area contributed by atoms with Crippen LogP contribution in [0.15, 0.2) is 24.3 Å². The number of esters is 1. The van der Waals surface area contributed by atoms with E-state index in [1.54, 1.807) is 38.1 Å². The Labute approximate surface area is 179 Å². The number of halogens is 1. The van der Waals surface area contributed by atoms with Gasteiger partial charge in [-0.2, -0.15) is 0 Å². The molecule has 3 heterocycles. The number of nitrogens with zero attached hydrogens (tertiary/aromatic N) is 1. The normalized spacial score (nSPS) is 32.8. The molecule has 0 aromatic heterocycles. The molecular formula is C21H25ClN2O6. The number of anilines is 1. The number of para-hydroxylation sites is 1. The van der Waals surface area contributed by atoms with Crippen molar-refractivity contribution in [1.82, 2.24) is 4.90 Å². The zero-order chi connectivity index (χ0) is 21.6. The molecule has 2 unspecified atom stereocenters. The first-order chi connectivity index (χ1) is 14.4. The summed E-state index contributed by atoms with van der Waals surface area (Å²) >= 11 is 6.19. The summed E-state index contributed by atoms with van der Waals surface area (Å²) < 4.78 is 11.4. The molecule has 1 spiro atoms. The Morgan fingerprint density at radius 1 is 1.43 bits per heavy atom. The first-order valence-electron chi connectivity index (χ1n) is 10.2. The minimum atomic E-state index is -1.13. The van der Waals surface area contributed by atoms with Crippen LogP contribution in [-0.2, 0) is 23.9 Å². The molecule has 3 saturated heterocycles. The zero-order valence-electron chi connectivity index (χ0n) is 16.8. The van der Waals surface area contributed by atoms with E-state index in [0.29, 0.717) is 23.6 Å². The highest BCUT2D eigenvalue weighted by Crippen LogP contribution is 2.59. The molecule has 3 aliphatic heterocycles. The van der Waals surface area contributed by atoms with Crippen LogP contribution in [0, 0.1) is 11.8 Å². The molecule has 3 aliphatic rings. The number of nitrogens with one attached hydrogen (secondary N) is 1. The number of aliphatic hydroxyl groups is 1. The Morgan fingerprint density at radius 2 is 2.17 bits per heavy atom. The summed E-state index contributed by atoms with van der Waals surface area (Å²) in [5.41, 5.74) is -0.712. The van der Waals surface area contributed by atoms with Crippen molar-refractivity contribution in [3.05, 3.63) is 29.3 Å². The van der Waals surface area contributed by atoms with E-state index >= 15 is 0 Å². The lowest BCUT2D eigenvalue weighted by molar-refractivity contribution is -0.155. The molecule has 30 heavy (non-hydrogen) atoms. The number of amides is 2. The number of carbonyl (C=O) groups is 3. The Kier molecular flexibility index (Phi) is 5.50. The van der Waals surface area contributed by atoms with Gasteiger partial charge in [0.2, 0.25) is 11.8 Å². The summed E-state index contributed by atoms with van der Waals surface area (Å²) in [6, 6.07) is 5.20. The van der Waals surface area contributed by atoms with Gasteiger partial charge in [0.05, 0.1) is 47.9 Å². The number of likely N-dealkylation sites (tertiary alicyclic amines) is 1. The van der Waals surface area contributed by atoms with Gasteiger partial charge in [-0.25, -0.2) is 0 Å².